The van der Waals surface area contributed by atoms with E-state index >= 15 is 0 Å². The molecule has 1 amide bonds. The van der Waals surface area contributed by atoms with Crippen molar-refractivity contribution < 1.29 is 9.53 Å². The molecule has 2 heterocycles. The van der Waals surface area contributed by atoms with E-state index in [0.29, 0.717) is 24.5 Å². The highest BCUT2D eigenvalue weighted by atomic mass is 16.5. The molecule has 104 valence electrons. The van der Waals surface area contributed by atoms with E-state index in [0.717, 1.165) is 6.54 Å². The van der Waals surface area contributed by atoms with Gasteiger partial charge in [0.15, 0.2) is 0 Å². The van der Waals surface area contributed by atoms with Crippen LogP contribution in [0.2, 0.25) is 0 Å². The van der Waals surface area contributed by atoms with Crippen molar-refractivity contribution in [2.24, 2.45) is 0 Å². The second-order valence-electron chi connectivity index (χ2n) is 4.88. The molecular weight excluding hydrogens is 242 g/mol. The molecule has 0 aromatic carbocycles. The molecule has 0 spiro atoms. The number of hydrogen-bond acceptors (Lipinski definition) is 4. The molecule has 1 fully saturated rings. The molecule has 1 saturated heterocycles. The Morgan fingerprint density at radius 2 is 2.37 bits per heavy atom. The van der Waals surface area contributed by atoms with Gasteiger partial charge in [0, 0.05) is 19.3 Å². The summed E-state index contributed by atoms with van der Waals surface area (Å²) in [7, 11) is 0. The molecule has 2 unspecified atom stereocenters. The van der Waals surface area contributed by atoms with Gasteiger partial charge in [0.2, 0.25) is 0 Å². The van der Waals surface area contributed by atoms with Gasteiger partial charge in [0.05, 0.1) is 24.3 Å². The molecule has 5 heteroatoms. The summed E-state index contributed by atoms with van der Waals surface area (Å²) in [6.07, 6.45) is 1.78. The highest BCUT2D eigenvalue weighted by Crippen LogP contribution is 2.19. The average Bonchev–Trinajstić information content (AvgIpc) is 2.42. The highest BCUT2D eigenvalue weighted by molar-refractivity contribution is 5.99. The van der Waals surface area contributed by atoms with Gasteiger partial charge in [-0.15, -0.1) is 0 Å². The molecule has 19 heavy (non-hydrogen) atoms. The van der Waals surface area contributed by atoms with Gasteiger partial charge in [-0.2, -0.15) is 0 Å². The molecule has 0 radical (unpaired) electrons. The van der Waals surface area contributed by atoms with Crippen LogP contribution in [0.4, 0.5) is 5.82 Å². The van der Waals surface area contributed by atoms with Crippen LogP contribution in [0.15, 0.2) is 18.3 Å². The second kappa shape index (κ2) is 6.02. The van der Waals surface area contributed by atoms with Crippen LogP contribution in [0.5, 0.6) is 0 Å². The molecular formula is C14H21N3O2. The average molecular weight is 263 g/mol. The van der Waals surface area contributed by atoms with Crippen LogP contribution >= 0.6 is 0 Å². The molecule has 5 nitrogen and oxygen atoms in total. The lowest BCUT2D eigenvalue weighted by atomic mass is 10.1. The lowest BCUT2D eigenvalue weighted by Crippen LogP contribution is -2.50. The summed E-state index contributed by atoms with van der Waals surface area (Å²) < 4.78 is 5.56. The summed E-state index contributed by atoms with van der Waals surface area (Å²) in [6.45, 7) is 7.94. The summed E-state index contributed by atoms with van der Waals surface area (Å²) in [5, 5.41) is 3.13. The number of morpholine rings is 1. The SMILES string of the molecule is CCNc1ncccc1C(=O)N1CC(C)OCC1C. The van der Waals surface area contributed by atoms with Gasteiger partial charge in [-0.3, -0.25) is 4.79 Å². The van der Waals surface area contributed by atoms with Crippen molar-refractivity contribution in [3.05, 3.63) is 23.9 Å². The molecule has 1 N–H and O–H groups in total. The van der Waals surface area contributed by atoms with Crippen molar-refractivity contribution in [3.63, 3.8) is 0 Å². The molecule has 1 aromatic heterocycles. The number of carbonyl (C=O) groups excluding carboxylic acids is 1. The number of nitrogens with zero attached hydrogens (tertiary/aromatic N) is 2. The molecule has 0 saturated carbocycles. The minimum atomic E-state index is 0.0201. The van der Waals surface area contributed by atoms with Crippen molar-refractivity contribution >= 4 is 11.7 Å². The highest BCUT2D eigenvalue weighted by Gasteiger charge is 2.29. The summed E-state index contributed by atoms with van der Waals surface area (Å²) in [4.78, 5) is 18.7. The van der Waals surface area contributed by atoms with E-state index in [1.165, 1.54) is 0 Å². The number of pyridine rings is 1. The molecule has 1 aliphatic heterocycles. The van der Waals surface area contributed by atoms with Crippen molar-refractivity contribution in [1.29, 1.82) is 0 Å². The zero-order valence-corrected chi connectivity index (χ0v) is 11.7. The van der Waals surface area contributed by atoms with E-state index in [1.807, 2.05) is 31.7 Å². The summed E-state index contributed by atoms with van der Waals surface area (Å²) in [5.41, 5.74) is 0.630. The first-order valence-corrected chi connectivity index (χ1v) is 6.75. The van der Waals surface area contributed by atoms with Crippen LogP contribution in [0.25, 0.3) is 0 Å². The zero-order chi connectivity index (χ0) is 13.8. The van der Waals surface area contributed by atoms with Gasteiger partial charge in [0.25, 0.3) is 5.91 Å². The number of aromatic nitrogens is 1. The topological polar surface area (TPSA) is 54.5 Å². The van der Waals surface area contributed by atoms with Crippen LogP contribution in [-0.2, 0) is 4.74 Å². The number of nitrogens with one attached hydrogen (secondary N) is 1. The summed E-state index contributed by atoms with van der Waals surface area (Å²) in [5.74, 6) is 0.674. The minimum absolute atomic E-state index is 0.0201. The first kappa shape index (κ1) is 13.8. The van der Waals surface area contributed by atoms with Gasteiger partial charge in [0.1, 0.15) is 5.82 Å². The van der Waals surface area contributed by atoms with E-state index in [1.54, 1.807) is 12.3 Å². The van der Waals surface area contributed by atoms with Gasteiger partial charge in [-0.25, -0.2) is 4.98 Å². The largest absolute Gasteiger partial charge is 0.375 e. The Bertz CT molecular complexity index is 450. The molecule has 1 aromatic rings. The molecule has 1 aliphatic rings. The third-order valence-corrected chi connectivity index (χ3v) is 3.25. The van der Waals surface area contributed by atoms with Gasteiger partial charge in [-0.05, 0) is 32.9 Å². The number of carbonyl (C=O) groups is 1. The molecule has 0 bridgehead atoms. The quantitative estimate of drug-likeness (QED) is 0.903. The Morgan fingerprint density at radius 3 is 3.11 bits per heavy atom. The fourth-order valence-corrected chi connectivity index (χ4v) is 2.23. The lowest BCUT2D eigenvalue weighted by Gasteiger charge is -2.37. The Kier molecular flexibility index (Phi) is 4.37. The van der Waals surface area contributed by atoms with Crippen molar-refractivity contribution in [2.45, 2.75) is 32.9 Å². The number of rotatable bonds is 3. The van der Waals surface area contributed by atoms with Gasteiger partial charge in [-0.1, -0.05) is 0 Å². The predicted molar refractivity (Wildman–Crippen MR) is 74.3 cm³/mol. The monoisotopic (exact) mass is 263 g/mol. The van der Waals surface area contributed by atoms with E-state index in [-0.39, 0.29) is 18.1 Å². The van der Waals surface area contributed by atoms with Crippen LogP contribution in [0.1, 0.15) is 31.1 Å². The third kappa shape index (κ3) is 3.04. The molecule has 2 atom stereocenters. The van der Waals surface area contributed by atoms with Crippen LogP contribution in [0.3, 0.4) is 0 Å². The summed E-state index contributed by atoms with van der Waals surface area (Å²) >= 11 is 0. The maximum Gasteiger partial charge on any atom is 0.258 e. The normalized spacial score (nSPS) is 23.2. The van der Waals surface area contributed by atoms with Crippen molar-refractivity contribution in [3.8, 4) is 0 Å². The summed E-state index contributed by atoms with van der Waals surface area (Å²) in [6, 6.07) is 3.71. The number of amides is 1. The smallest absolute Gasteiger partial charge is 0.258 e. The van der Waals surface area contributed by atoms with E-state index in [2.05, 4.69) is 10.3 Å². The Hall–Kier alpha value is -1.62. The van der Waals surface area contributed by atoms with E-state index < -0.39 is 0 Å². The zero-order valence-electron chi connectivity index (χ0n) is 11.7. The van der Waals surface area contributed by atoms with Crippen LogP contribution in [-0.4, -0.2) is 47.6 Å². The lowest BCUT2D eigenvalue weighted by molar-refractivity contribution is -0.0386. The number of ether oxygens (including phenoxy) is 1. The third-order valence-electron chi connectivity index (χ3n) is 3.25. The Morgan fingerprint density at radius 1 is 1.58 bits per heavy atom. The Labute approximate surface area is 114 Å². The molecule has 2 rings (SSSR count). The van der Waals surface area contributed by atoms with Crippen molar-refractivity contribution in [2.75, 3.05) is 25.0 Å². The fraction of sp³-hybridized carbons (Fsp3) is 0.571. The van der Waals surface area contributed by atoms with Crippen LogP contribution < -0.4 is 5.32 Å². The van der Waals surface area contributed by atoms with Crippen molar-refractivity contribution in [1.82, 2.24) is 9.88 Å². The maximum atomic E-state index is 12.6. The van der Waals surface area contributed by atoms with Gasteiger partial charge < -0.3 is 15.0 Å². The van der Waals surface area contributed by atoms with E-state index in [4.69, 9.17) is 4.74 Å². The number of hydrogen-bond donors (Lipinski definition) is 1. The predicted octanol–water partition coefficient (Wildman–Crippen LogP) is 1.76. The fourth-order valence-electron chi connectivity index (χ4n) is 2.23. The second-order valence-corrected chi connectivity index (χ2v) is 4.88. The van der Waals surface area contributed by atoms with Crippen LogP contribution in [0, 0.1) is 0 Å². The maximum absolute atomic E-state index is 12.6. The Balaban J connectivity index is 2.23. The first-order chi connectivity index (χ1) is 9.13. The van der Waals surface area contributed by atoms with Gasteiger partial charge >= 0.3 is 0 Å². The minimum Gasteiger partial charge on any atom is -0.375 e. The number of anilines is 1. The van der Waals surface area contributed by atoms with E-state index in [9.17, 15) is 4.79 Å². The standard InChI is InChI=1S/C14H21N3O2/c1-4-15-13-12(6-5-7-16-13)14(18)17-8-11(3)19-9-10(17)2/h5-7,10-11H,4,8-9H2,1-3H3,(H,15,16). The molecule has 0 aliphatic carbocycles. The first-order valence-electron chi connectivity index (χ1n) is 6.75.